The molecule has 4 atom stereocenters. The van der Waals surface area contributed by atoms with Gasteiger partial charge < -0.3 is 10.1 Å². The Labute approximate surface area is 113 Å². The number of hydrogen-bond donors (Lipinski definition) is 1. The first-order chi connectivity index (χ1) is 8.81. The minimum absolute atomic E-state index is 0.577. The van der Waals surface area contributed by atoms with Crippen molar-refractivity contribution >= 4 is 0 Å². The van der Waals surface area contributed by atoms with E-state index < -0.39 is 0 Å². The molecule has 0 aromatic rings. The summed E-state index contributed by atoms with van der Waals surface area (Å²) in [4.78, 5) is 0. The fourth-order valence-corrected chi connectivity index (χ4v) is 3.94. The van der Waals surface area contributed by atoms with Crippen molar-refractivity contribution in [3.8, 4) is 0 Å². The summed E-state index contributed by atoms with van der Waals surface area (Å²) in [6, 6.07) is 0.758. The van der Waals surface area contributed by atoms with Crippen LogP contribution in [0.15, 0.2) is 0 Å². The van der Waals surface area contributed by atoms with Crippen molar-refractivity contribution in [2.45, 2.75) is 77.4 Å². The smallest absolute Gasteiger partial charge is 0.0576 e. The molecular formula is C16H31NO. The van der Waals surface area contributed by atoms with E-state index in [4.69, 9.17) is 4.74 Å². The van der Waals surface area contributed by atoms with Crippen LogP contribution in [0.25, 0.3) is 0 Å². The van der Waals surface area contributed by atoms with Crippen LogP contribution in [-0.4, -0.2) is 25.3 Å². The van der Waals surface area contributed by atoms with Crippen molar-refractivity contribution in [1.82, 2.24) is 5.32 Å². The molecule has 4 unspecified atom stereocenters. The minimum Gasteiger partial charge on any atom is -0.378 e. The third kappa shape index (κ3) is 3.96. The van der Waals surface area contributed by atoms with Gasteiger partial charge in [-0.25, -0.2) is 0 Å². The van der Waals surface area contributed by atoms with Gasteiger partial charge in [-0.15, -0.1) is 0 Å². The van der Waals surface area contributed by atoms with Gasteiger partial charge in [0.1, 0.15) is 0 Å². The lowest BCUT2D eigenvalue weighted by molar-refractivity contribution is 0.100. The third-order valence-electron chi connectivity index (χ3n) is 4.98. The van der Waals surface area contributed by atoms with Crippen molar-refractivity contribution < 1.29 is 4.74 Å². The first-order valence-electron chi connectivity index (χ1n) is 8.16. The summed E-state index contributed by atoms with van der Waals surface area (Å²) in [6.45, 7) is 6.81. The Kier molecular flexibility index (Phi) is 5.97. The summed E-state index contributed by atoms with van der Waals surface area (Å²) in [5, 5.41) is 3.74. The van der Waals surface area contributed by atoms with Crippen LogP contribution in [0.1, 0.15) is 65.2 Å². The van der Waals surface area contributed by atoms with Gasteiger partial charge in [0, 0.05) is 12.6 Å². The van der Waals surface area contributed by atoms with E-state index in [1.807, 2.05) is 0 Å². The van der Waals surface area contributed by atoms with Gasteiger partial charge in [-0.05, 0) is 56.9 Å². The minimum atomic E-state index is 0.577. The van der Waals surface area contributed by atoms with E-state index in [9.17, 15) is 0 Å². The van der Waals surface area contributed by atoms with E-state index in [1.54, 1.807) is 0 Å². The van der Waals surface area contributed by atoms with Gasteiger partial charge in [0.2, 0.25) is 0 Å². The van der Waals surface area contributed by atoms with Crippen molar-refractivity contribution in [3.05, 3.63) is 0 Å². The van der Waals surface area contributed by atoms with E-state index in [0.717, 1.165) is 31.0 Å². The summed E-state index contributed by atoms with van der Waals surface area (Å²) in [5.74, 6) is 1.85. The maximum atomic E-state index is 5.72. The highest BCUT2D eigenvalue weighted by molar-refractivity contribution is 4.85. The average Bonchev–Trinajstić information content (AvgIpc) is 2.99. The molecule has 2 heteroatoms. The fraction of sp³-hybridized carbons (Fsp3) is 1.00. The van der Waals surface area contributed by atoms with Gasteiger partial charge in [-0.1, -0.05) is 26.7 Å². The van der Waals surface area contributed by atoms with Crippen LogP contribution in [0.5, 0.6) is 0 Å². The van der Waals surface area contributed by atoms with Crippen molar-refractivity contribution in [1.29, 1.82) is 0 Å². The van der Waals surface area contributed by atoms with E-state index in [-0.39, 0.29) is 0 Å². The molecule has 18 heavy (non-hydrogen) atoms. The predicted molar refractivity (Wildman–Crippen MR) is 76.8 cm³/mol. The molecule has 0 bridgehead atoms. The summed E-state index contributed by atoms with van der Waals surface area (Å²) >= 11 is 0. The van der Waals surface area contributed by atoms with Crippen LogP contribution >= 0.6 is 0 Å². The maximum absolute atomic E-state index is 5.72. The third-order valence-corrected chi connectivity index (χ3v) is 4.98. The second-order valence-electron chi connectivity index (χ2n) is 6.30. The molecule has 0 radical (unpaired) electrons. The van der Waals surface area contributed by atoms with E-state index in [2.05, 4.69) is 19.2 Å². The summed E-state index contributed by atoms with van der Waals surface area (Å²) in [7, 11) is 0. The molecule has 0 amide bonds. The topological polar surface area (TPSA) is 21.3 Å². The number of hydrogen-bond acceptors (Lipinski definition) is 2. The molecule has 1 saturated heterocycles. The number of nitrogens with one attached hydrogen (secondary N) is 1. The van der Waals surface area contributed by atoms with Gasteiger partial charge in [0.15, 0.2) is 0 Å². The molecule has 1 saturated carbocycles. The SMILES string of the molecule is CCNC(CCCC1CCCO1)C1CCCC1C. The zero-order valence-electron chi connectivity index (χ0n) is 12.3. The summed E-state index contributed by atoms with van der Waals surface area (Å²) in [5.41, 5.74) is 0. The highest BCUT2D eigenvalue weighted by Gasteiger charge is 2.30. The lowest BCUT2D eigenvalue weighted by atomic mass is 9.87. The summed E-state index contributed by atoms with van der Waals surface area (Å²) in [6.07, 6.45) is 11.5. The fourth-order valence-electron chi connectivity index (χ4n) is 3.94. The molecule has 106 valence electrons. The molecule has 1 aliphatic heterocycles. The Bertz CT molecular complexity index is 225. The molecule has 0 spiro atoms. The first-order valence-corrected chi connectivity index (χ1v) is 8.16. The van der Waals surface area contributed by atoms with Crippen molar-refractivity contribution in [3.63, 3.8) is 0 Å². The molecule has 1 N–H and O–H groups in total. The molecule has 1 heterocycles. The predicted octanol–water partition coefficient (Wildman–Crippen LogP) is 3.75. The van der Waals surface area contributed by atoms with E-state index in [1.165, 1.54) is 51.4 Å². The van der Waals surface area contributed by atoms with Crippen LogP contribution in [0.3, 0.4) is 0 Å². The van der Waals surface area contributed by atoms with E-state index >= 15 is 0 Å². The Balaban J connectivity index is 1.71. The molecular weight excluding hydrogens is 222 g/mol. The lowest BCUT2D eigenvalue weighted by Gasteiger charge is -2.28. The largest absolute Gasteiger partial charge is 0.378 e. The number of ether oxygens (including phenoxy) is 1. The molecule has 2 aliphatic rings. The highest BCUT2D eigenvalue weighted by atomic mass is 16.5. The monoisotopic (exact) mass is 253 g/mol. The maximum Gasteiger partial charge on any atom is 0.0576 e. The van der Waals surface area contributed by atoms with Crippen LogP contribution < -0.4 is 5.32 Å². The van der Waals surface area contributed by atoms with Gasteiger partial charge >= 0.3 is 0 Å². The molecule has 2 nitrogen and oxygen atoms in total. The van der Waals surface area contributed by atoms with Crippen LogP contribution in [0, 0.1) is 11.8 Å². The lowest BCUT2D eigenvalue weighted by Crippen LogP contribution is -2.37. The molecule has 0 aromatic heterocycles. The second kappa shape index (κ2) is 7.49. The normalized spacial score (nSPS) is 34.0. The van der Waals surface area contributed by atoms with Crippen LogP contribution in [-0.2, 0) is 4.74 Å². The van der Waals surface area contributed by atoms with Gasteiger partial charge in [-0.3, -0.25) is 0 Å². The molecule has 0 aromatic carbocycles. The van der Waals surface area contributed by atoms with Gasteiger partial charge in [0.25, 0.3) is 0 Å². The van der Waals surface area contributed by atoms with Gasteiger partial charge in [0.05, 0.1) is 6.10 Å². The zero-order valence-corrected chi connectivity index (χ0v) is 12.3. The second-order valence-corrected chi connectivity index (χ2v) is 6.30. The standard InChI is InChI=1S/C16H31NO/c1-3-17-16(15-10-4-7-13(15)2)11-5-8-14-9-6-12-18-14/h13-17H,3-12H2,1-2H3. The van der Waals surface area contributed by atoms with E-state index in [0.29, 0.717) is 6.10 Å². The molecule has 2 fully saturated rings. The number of rotatable bonds is 7. The van der Waals surface area contributed by atoms with Crippen LogP contribution in [0.2, 0.25) is 0 Å². The van der Waals surface area contributed by atoms with Gasteiger partial charge in [-0.2, -0.15) is 0 Å². The Morgan fingerprint density at radius 1 is 1.22 bits per heavy atom. The molecule has 1 aliphatic carbocycles. The zero-order chi connectivity index (χ0) is 12.8. The van der Waals surface area contributed by atoms with Crippen LogP contribution in [0.4, 0.5) is 0 Å². The van der Waals surface area contributed by atoms with Crippen molar-refractivity contribution in [2.75, 3.05) is 13.2 Å². The summed E-state index contributed by atoms with van der Waals surface area (Å²) < 4.78 is 5.72. The molecule has 2 rings (SSSR count). The Morgan fingerprint density at radius 3 is 2.72 bits per heavy atom. The van der Waals surface area contributed by atoms with Crippen molar-refractivity contribution in [2.24, 2.45) is 11.8 Å². The average molecular weight is 253 g/mol. The first kappa shape index (κ1) is 14.3. The highest BCUT2D eigenvalue weighted by Crippen LogP contribution is 2.35. The Hall–Kier alpha value is -0.0800. The quantitative estimate of drug-likeness (QED) is 0.746. The Morgan fingerprint density at radius 2 is 2.11 bits per heavy atom.